The average Bonchev–Trinajstić information content (AvgIpc) is 3.40. The van der Waals surface area contributed by atoms with Crippen molar-refractivity contribution in [1.82, 2.24) is 4.98 Å². The maximum absolute atomic E-state index is 12.6. The van der Waals surface area contributed by atoms with Crippen LogP contribution in [0.5, 0.6) is 5.75 Å². The number of methoxy groups -OCH3 is 2. The Kier molecular flexibility index (Phi) is 5.01. The molecule has 4 aromatic rings. The highest BCUT2D eigenvalue weighted by Crippen LogP contribution is 2.30. The number of nitrogens with one attached hydrogen (secondary N) is 1. The standard InChI is InChI=1S/C21H16N2O5S/c1-26-16-5-3-4-14-10-17(28-18(14)16)19(24)23-21-22-15(11-29-21)12-6-8-13(9-7-12)20(25)27-2/h3-11H,1-2H3,(H,22,23,24). The fraction of sp³-hybridized carbons (Fsp3) is 0.0952. The van der Waals surface area contributed by atoms with Gasteiger partial charge in [-0.25, -0.2) is 9.78 Å². The lowest BCUT2D eigenvalue weighted by Crippen LogP contribution is -2.10. The first kappa shape index (κ1) is 18.7. The molecule has 0 saturated heterocycles. The molecule has 0 atom stereocenters. The molecule has 8 heteroatoms. The zero-order valence-corrected chi connectivity index (χ0v) is 16.4. The van der Waals surface area contributed by atoms with E-state index >= 15 is 0 Å². The molecule has 29 heavy (non-hydrogen) atoms. The van der Waals surface area contributed by atoms with Crippen molar-refractivity contribution < 1.29 is 23.5 Å². The molecule has 4 rings (SSSR count). The Balaban J connectivity index is 1.52. The smallest absolute Gasteiger partial charge is 0.337 e. The molecule has 0 fully saturated rings. The third-order valence-electron chi connectivity index (χ3n) is 4.28. The summed E-state index contributed by atoms with van der Waals surface area (Å²) in [5, 5.41) is 5.79. The summed E-state index contributed by atoms with van der Waals surface area (Å²) in [5.41, 5.74) is 2.49. The van der Waals surface area contributed by atoms with Crippen molar-refractivity contribution in [2.45, 2.75) is 0 Å². The van der Waals surface area contributed by atoms with Crippen LogP contribution in [-0.4, -0.2) is 31.1 Å². The van der Waals surface area contributed by atoms with E-state index in [1.54, 1.807) is 43.5 Å². The molecule has 0 aliphatic rings. The average molecular weight is 408 g/mol. The zero-order valence-electron chi connectivity index (χ0n) is 15.6. The van der Waals surface area contributed by atoms with Crippen LogP contribution in [0.1, 0.15) is 20.9 Å². The predicted molar refractivity (Wildman–Crippen MR) is 110 cm³/mol. The molecule has 0 spiro atoms. The minimum absolute atomic E-state index is 0.170. The van der Waals surface area contributed by atoms with Crippen LogP contribution in [0.4, 0.5) is 5.13 Å². The first-order chi connectivity index (χ1) is 14.1. The van der Waals surface area contributed by atoms with Crippen LogP contribution in [0.2, 0.25) is 0 Å². The van der Waals surface area contributed by atoms with E-state index in [4.69, 9.17) is 13.9 Å². The molecular weight excluding hydrogens is 392 g/mol. The van der Waals surface area contributed by atoms with Gasteiger partial charge in [0, 0.05) is 16.3 Å². The van der Waals surface area contributed by atoms with Crippen molar-refractivity contribution in [2.24, 2.45) is 0 Å². The van der Waals surface area contributed by atoms with Gasteiger partial charge in [0.1, 0.15) is 0 Å². The number of aromatic nitrogens is 1. The summed E-state index contributed by atoms with van der Waals surface area (Å²) in [6, 6.07) is 14.0. The number of carbonyl (C=O) groups is 2. The van der Waals surface area contributed by atoms with Crippen LogP contribution >= 0.6 is 11.3 Å². The van der Waals surface area contributed by atoms with Gasteiger partial charge in [-0.15, -0.1) is 11.3 Å². The molecule has 0 bridgehead atoms. The van der Waals surface area contributed by atoms with Gasteiger partial charge in [-0.3, -0.25) is 10.1 Å². The largest absolute Gasteiger partial charge is 0.493 e. The maximum Gasteiger partial charge on any atom is 0.337 e. The van der Waals surface area contributed by atoms with Gasteiger partial charge in [-0.2, -0.15) is 0 Å². The van der Waals surface area contributed by atoms with Crippen LogP contribution < -0.4 is 10.1 Å². The molecule has 2 heterocycles. The number of hydrogen-bond donors (Lipinski definition) is 1. The number of nitrogens with zero attached hydrogens (tertiary/aromatic N) is 1. The van der Waals surface area contributed by atoms with Crippen molar-refractivity contribution in [3.05, 3.63) is 65.2 Å². The van der Waals surface area contributed by atoms with Gasteiger partial charge in [0.2, 0.25) is 0 Å². The second-order valence-electron chi connectivity index (χ2n) is 6.05. The van der Waals surface area contributed by atoms with E-state index in [0.717, 1.165) is 10.9 Å². The highest BCUT2D eigenvalue weighted by molar-refractivity contribution is 7.14. The third-order valence-corrected chi connectivity index (χ3v) is 5.04. The first-order valence-corrected chi connectivity index (χ1v) is 9.49. The van der Waals surface area contributed by atoms with Gasteiger partial charge in [0.25, 0.3) is 5.91 Å². The van der Waals surface area contributed by atoms with E-state index in [1.165, 1.54) is 18.4 Å². The quantitative estimate of drug-likeness (QED) is 0.485. The van der Waals surface area contributed by atoms with Crippen LogP contribution in [-0.2, 0) is 4.74 Å². The molecule has 0 aliphatic heterocycles. The lowest BCUT2D eigenvalue weighted by Gasteiger charge is -2.01. The number of fused-ring (bicyclic) bond motifs is 1. The van der Waals surface area contributed by atoms with Crippen molar-refractivity contribution in [2.75, 3.05) is 19.5 Å². The highest BCUT2D eigenvalue weighted by Gasteiger charge is 2.16. The normalized spacial score (nSPS) is 10.7. The maximum atomic E-state index is 12.6. The molecule has 146 valence electrons. The van der Waals surface area contributed by atoms with Gasteiger partial charge >= 0.3 is 5.97 Å². The first-order valence-electron chi connectivity index (χ1n) is 8.61. The van der Waals surface area contributed by atoms with Crippen molar-refractivity contribution in [3.8, 4) is 17.0 Å². The predicted octanol–water partition coefficient (Wildman–Crippen LogP) is 4.60. The minimum Gasteiger partial charge on any atom is -0.493 e. The van der Waals surface area contributed by atoms with Crippen LogP contribution in [0.15, 0.2) is 58.3 Å². The van der Waals surface area contributed by atoms with Gasteiger partial charge in [-0.05, 0) is 24.3 Å². The van der Waals surface area contributed by atoms with E-state index in [9.17, 15) is 9.59 Å². The number of hydrogen-bond acceptors (Lipinski definition) is 7. The number of rotatable bonds is 5. The summed E-state index contributed by atoms with van der Waals surface area (Å²) in [7, 11) is 2.88. The van der Waals surface area contributed by atoms with Gasteiger partial charge in [-0.1, -0.05) is 24.3 Å². The lowest BCUT2D eigenvalue weighted by molar-refractivity contribution is 0.0600. The zero-order chi connectivity index (χ0) is 20.4. The molecule has 2 aromatic carbocycles. The Morgan fingerprint density at radius 2 is 1.90 bits per heavy atom. The molecule has 7 nitrogen and oxygen atoms in total. The Hall–Kier alpha value is -3.65. The van der Waals surface area contributed by atoms with Crippen molar-refractivity contribution >= 4 is 39.3 Å². The Morgan fingerprint density at radius 1 is 1.10 bits per heavy atom. The molecule has 1 amide bonds. The number of furan rings is 1. The molecule has 0 unspecified atom stereocenters. The van der Waals surface area contributed by atoms with Gasteiger partial charge in [0.05, 0.1) is 25.5 Å². The number of benzene rings is 2. The van der Waals surface area contributed by atoms with Crippen LogP contribution in [0.3, 0.4) is 0 Å². The number of ether oxygens (including phenoxy) is 2. The number of thiazole rings is 1. The Morgan fingerprint density at radius 3 is 2.62 bits per heavy atom. The minimum atomic E-state index is -0.398. The molecule has 0 saturated carbocycles. The van der Waals surface area contributed by atoms with Crippen molar-refractivity contribution in [1.29, 1.82) is 0 Å². The summed E-state index contributed by atoms with van der Waals surface area (Å²) in [4.78, 5) is 28.5. The molecule has 1 N–H and O–H groups in total. The fourth-order valence-corrected chi connectivity index (χ4v) is 3.54. The van der Waals surface area contributed by atoms with E-state index in [0.29, 0.717) is 27.7 Å². The summed E-state index contributed by atoms with van der Waals surface area (Å²) in [6.45, 7) is 0. The van der Waals surface area contributed by atoms with Gasteiger partial charge in [0.15, 0.2) is 22.2 Å². The number of esters is 1. The number of para-hydroxylation sites is 1. The topological polar surface area (TPSA) is 90.7 Å². The van der Waals surface area contributed by atoms with E-state index in [1.807, 2.05) is 17.5 Å². The highest BCUT2D eigenvalue weighted by atomic mass is 32.1. The molecular formula is C21H16N2O5S. The summed E-state index contributed by atoms with van der Waals surface area (Å²) >= 11 is 1.30. The van der Waals surface area contributed by atoms with Crippen LogP contribution in [0.25, 0.3) is 22.2 Å². The molecule has 0 radical (unpaired) electrons. The lowest BCUT2D eigenvalue weighted by atomic mass is 10.1. The monoisotopic (exact) mass is 408 g/mol. The van der Waals surface area contributed by atoms with Crippen molar-refractivity contribution in [3.63, 3.8) is 0 Å². The third kappa shape index (κ3) is 3.70. The van der Waals surface area contributed by atoms with Gasteiger partial charge < -0.3 is 13.9 Å². The fourth-order valence-electron chi connectivity index (χ4n) is 2.83. The van der Waals surface area contributed by atoms with Crippen LogP contribution in [0, 0.1) is 0 Å². The Labute approximate surface area is 169 Å². The second kappa shape index (κ2) is 7.76. The number of carbonyl (C=O) groups excluding carboxylic acids is 2. The van der Waals surface area contributed by atoms with E-state index in [-0.39, 0.29) is 5.76 Å². The van der Waals surface area contributed by atoms with E-state index < -0.39 is 11.9 Å². The number of amides is 1. The summed E-state index contributed by atoms with van der Waals surface area (Å²) in [6.07, 6.45) is 0. The summed E-state index contributed by atoms with van der Waals surface area (Å²) in [5.74, 6) is -0.0624. The molecule has 2 aromatic heterocycles. The Bertz CT molecular complexity index is 1190. The SMILES string of the molecule is COC(=O)c1ccc(-c2csc(NC(=O)c3cc4cccc(OC)c4o3)n2)cc1. The summed E-state index contributed by atoms with van der Waals surface area (Å²) < 4.78 is 15.6. The number of anilines is 1. The molecule has 0 aliphatic carbocycles. The second-order valence-corrected chi connectivity index (χ2v) is 6.91. The van der Waals surface area contributed by atoms with E-state index in [2.05, 4.69) is 10.3 Å².